The van der Waals surface area contributed by atoms with E-state index in [0.717, 1.165) is 23.3 Å². The molecule has 0 aliphatic heterocycles. The van der Waals surface area contributed by atoms with E-state index in [1.807, 2.05) is 12.1 Å². The van der Waals surface area contributed by atoms with E-state index in [2.05, 4.69) is 4.98 Å². The van der Waals surface area contributed by atoms with Crippen LogP contribution in [0.25, 0.3) is 0 Å². The minimum atomic E-state index is 0.0536. The molecule has 2 heteroatoms. The second kappa shape index (κ2) is 4.16. The molecule has 2 nitrogen and oxygen atoms in total. The van der Waals surface area contributed by atoms with Crippen molar-refractivity contribution in [2.75, 3.05) is 0 Å². The van der Waals surface area contributed by atoms with Gasteiger partial charge in [-0.2, -0.15) is 0 Å². The van der Waals surface area contributed by atoms with Crippen molar-refractivity contribution in [1.29, 1.82) is 0 Å². The Labute approximate surface area is 114 Å². The molecule has 0 aromatic carbocycles. The molecular weight excluding hydrogens is 234 g/mol. The average Bonchev–Trinajstić information content (AvgIpc) is 2.38. The molecule has 1 aromatic heterocycles. The standard InChI is InChI=1S/C17H21NO/c19-16(8-12-1-3-18-4-2-12)17-9-13-5-14(10-17)7-15(6-13)11-17/h1-4,13-15H,5-11H2. The number of carbonyl (C=O) groups excluding carboxylic acids is 1. The molecule has 0 radical (unpaired) electrons. The van der Waals surface area contributed by atoms with Crippen LogP contribution in [0.5, 0.6) is 0 Å². The Kier molecular flexibility index (Phi) is 2.54. The van der Waals surface area contributed by atoms with Gasteiger partial charge in [0.1, 0.15) is 5.78 Å². The van der Waals surface area contributed by atoms with Gasteiger partial charge < -0.3 is 0 Å². The SMILES string of the molecule is O=C(Cc1ccncc1)C12CC3CC(CC(C3)C1)C2. The summed E-state index contributed by atoms with van der Waals surface area (Å²) in [6.07, 6.45) is 12.0. The van der Waals surface area contributed by atoms with Crippen molar-refractivity contribution in [2.45, 2.75) is 44.9 Å². The number of hydrogen-bond acceptors (Lipinski definition) is 2. The Bertz CT molecular complexity index is 458. The van der Waals surface area contributed by atoms with Crippen LogP contribution in [0, 0.1) is 23.2 Å². The molecule has 0 N–H and O–H groups in total. The van der Waals surface area contributed by atoms with Crippen LogP contribution in [0.2, 0.25) is 0 Å². The van der Waals surface area contributed by atoms with Gasteiger partial charge in [-0.3, -0.25) is 9.78 Å². The number of hydrogen-bond donors (Lipinski definition) is 0. The molecule has 4 aliphatic carbocycles. The molecule has 100 valence electrons. The van der Waals surface area contributed by atoms with Crippen LogP contribution < -0.4 is 0 Å². The minimum Gasteiger partial charge on any atom is -0.299 e. The van der Waals surface area contributed by atoms with Crippen molar-refractivity contribution in [3.63, 3.8) is 0 Å². The maximum absolute atomic E-state index is 12.8. The van der Waals surface area contributed by atoms with Crippen molar-refractivity contribution < 1.29 is 4.79 Å². The molecule has 0 atom stereocenters. The number of carbonyl (C=O) groups is 1. The number of ketones is 1. The van der Waals surface area contributed by atoms with Crippen LogP contribution in [-0.2, 0) is 11.2 Å². The van der Waals surface area contributed by atoms with E-state index in [-0.39, 0.29) is 5.41 Å². The highest BCUT2D eigenvalue weighted by atomic mass is 16.1. The molecule has 0 spiro atoms. The van der Waals surface area contributed by atoms with Crippen LogP contribution in [0.1, 0.15) is 44.1 Å². The van der Waals surface area contributed by atoms with Crippen molar-refractivity contribution in [3.05, 3.63) is 30.1 Å². The Morgan fingerprint density at radius 2 is 1.58 bits per heavy atom. The van der Waals surface area contributed by atoms with Crippen LogP contribution in [0.4, 0.5) is 0 Å². The van der Waals surface area contributed by atoms with Gasteiger partial charge in [0.25, 0.3) is 0 Å². The summed E-state index contributed by atoms with van der Waals surface area (Å²) in [5.74, 6) is 3.07. The molecule has 0 unspecified atom stereocenters. The highest BCUT2D eigenvalue weighted by Crippen LogP contribution is 2.60. The van der Waals surface area contributed by atoms with E-state index >= 15 is 0 Å². The van der Waals surface area contributed by atoms with E-state index in [4.69, 9.17) is 0 Å². The fourth-order valence-corrected chi connectivity index (χ4v) is 5.33. The molecule has 19 heavy (non-hydrogen) atoms. The summed E-state index contributed by atoms with van der Waals surface area (Å²) in [6.45, 7) is 0. The number of nitrogens with zero attached hydrogens (tertiary/aromatic N) is 1. The van der Waals surface area contributed by atoms with Crippen LogP contribution in [0.15, 0.2) is 24.5 Å². The van der Waals surface area contributed by atoms with Crippen LogP contribution in [-0.4, -0.2) is 10.8 Å². The number of Topliss-reactive ketones (excluding diaryl/α,β-unsaturated/α-hetero) is 1. The van der Waals surface area contributed by atoms with Gasteiger partial charge >= 0.3 is 0 Å². The summed E-state index contributed by atoms with van der Waals surface area (Å²) in [6, 6.07) is 3.97. The second-order valence-electron chi connectivity index (χ2n) is 7.15. The fourth-order valence-electron chi connectivity index (χ4n) is 5.33. The summed E-state index contributed by atoms with van der Waals surface area (Å²) in [4.78, 5) is 16.9. The highest BCUT2D eigenvalue weighted by molar-refractivity contribution is 5.87. The Hall–Kier alpha value is -1.18. The molecule has 1 heterocycles. The van der Waals surface area contributed by atoms with Gasteiger partial charge in [0.05, 0.1) is 0 Å². The quantitative estimate of drug-likeness (QED) is 0.828. The molecule has 0 amide bonds. The van der Waals surface area contributed by atoms with E-state index in [1.54, 1.807) is 12.4 Å². The molecule has 1 aromatic rings. The molecule has 5 rings (SSSR count). The monoisotopic (exact) mass is 255 g/mol. The lowest BCUT2D eigenvalue weighted by atomic mass is 9.48. The molecule has 4 bridgehead atoms. The molecule has 0 saturated heterocycles. The highest BCUT2D eigenvalue weighted by Gasteiger charge is 2.53. The fraction of sp³-hybridized carbons (Fsp3) is 0.647. The van der Waals surface area contributed by atoms with Crippen molar-refractivity contribution in [1.82, 2.24) is 4.98 Å². The first kappa shape index (κ1) is 11.6. The van der Waals surface area contributed by atoms with Crippen molar-refractivity contribution >= 4 is 5.78 Å². The molecular formula is C17H21NO. The lowest BCUT2D eigenvalue weighted by Gasteiger charge is -2.56. The Morgan fingerprint density at radius 3 is 2.11 bits per heavy atom. The zero-order chi connectivity index (χ0) is 12.9. The van der Waals surface area contributed by atoms with Gasteiger partial charge in [0.2, 0.25) is 0 Å². The zero-order valence-corrected chi connectivity index (χ0v) is 11.3. The van der Waals surface area contributed by atoms with Gasteiger partial charge in [-0.15, -0.1) is 0 Å². The predicted octanol–water partition coefficient (Wildman–Crippen LogP) is 3.41. The van der Waals surface area contributed by atoms with Crippen LogP contribution in [0.3, 0.4) is 0 Å². The number of pyridine rings is 1. The first-order chi connectivity index (χ1) is 9.23. The smallest absolute Gasteiger partial charge is 0.143 e. The summed E-state index contributed by atoms with van der Waals surface area (Å²) < 4.78 is 0. The summed E-state index contributed by atoms with van der Waals surface area (Å²) in [5.41, 5.74) is 1.19. The van der Waals surface area contributed by atoms with Gasteiger partial charge in [0, 0.05) is 24.2 Å². The van der Waals surface area contributed by atoms with Gasteiger partial charge in [0.15, 0.2) is 0 Å². The molecule has 4 saturated carbocycles. The third-order valence-corrected chi connectivity index (χ3v) is 5.74. The molecule has 4 fully saturated rings. The molecule has 4 aliphatic rings. The van der Waals surface area contributed by atoms with E-state index in [0.29, 0.717) is 12.2 Å². The third-order valence-electron chi connectivity index (χ3n) is 5.74. The van der Waals surface area contributed by atoms with Crippen molar-refractivity contribution in [2.24, 2.45) is 23.2 Å². The van der Waals surface area contributed by atoms with Crippen LogP contribution >= 0.6 is 0 Å². The van der Waals surface area contributed by atoms with E-state index in [9.17, 15) is 4.79 Å². The van der Waals surface area contributed by atoms with Crippen molar-refractivity contribution in [3.8, 4) is 0 Å². The average molecular weight is 255 g/mol. The first-order valence-corrected chi connectivity index (χ1v) is 7.66. The third kappa shape index (κ3) is 1.92. The lowest BCUT2D eigenvalue weighted by Crippen LogP contribution is -2.50. The Balaban J connectivity index is 1.56. The number of aromatic nitrogens is 1. The summed E-state index contributed by atoms with van der Waals surface area (Å²) in [7, 11) is 0. The predicted molar refractivity (Wildman–Crippen MR) is 73.6 cm³/mol. The second-order valence-corrected chi connectivity index (χ2v) is 7.15. The normalized spacial score (nSPS) is 39.5. The van der Waals surface area contributed by atoms with E-state index in [1.165, 1.54) is 38.5 Å². The Morgan fingerprint density at radius 1 is 1.05 bits per heavy atom. The largest absolute Gasteiger partial charge is 0.299 e. The maximum atomic E-state index is 12.8. The number of rotatable bonds is 3. The zero-order valence-electron chi connectivity index (χ0n) is 11.3. The lowest BCUT2D eigenvalue weighted by molar-refractivity contribution is -0.143. The first-order valence-electron chi connectivity index (χ1n) is 7.66. The van der Waals surface area contributed by atoms with E-state index < -0.39 is 0 Å². The summed E-state index contributed by atoms with van der Waals surface area (Å²) >= 11 is 0. The topological polar surface area (TPSA) is 30.0 Å². The minimum absolute atomic E-state index is 0.0536. The van der Waals surface area contributed by atoms with Gasteiger partial charge in [-0.25, -0.2) is 0 Å². The summed E-state index contributed by atoms with van der Waals surface area (Å²) in [5, 5.41) is 0. The van der Waals surface area contributed by atoms with Gasteiger partial charge in [-0.1, -0.05) is 0 Å². The van der Waals surface area contributed by atoms with Gasteiger partial charge in [-0.05, 0) is 74.0 Å². The maximum Gasteiger partial charge on any atom is 0.143 e.